The van der Waals surface area contributed by atoms with Crippen molar-refractivity contribution >= 4 is 21.9 Å². The molecule has 0 radical (unpaired) electrons. The summed E-state index contributed by atoms with van der Waals surface area (Å²) < 4.78 is 104. The number of pyridine rings is 3. The molecule has 4 aromatic heterocycles. The van der Waals surface area contributed by atoms with Crippen LogP contribution in [0, 0.1) is 25.0 Å². The number of hydrogen-bond donors (Lipinski definition) is 0. The summed E-state index contributed by atoms with van der Waals surface area (Å²) in [6, 6.07) is 42.1. The number of aromatic nitrogens is 3. The minimum Gasteiger partial charge on any atom is -0.455 e. The third-order valence-corrected chi connectivity index (χ3v) is 11.8. The smallest absolute Gasteiger partial charge is 0.144 e. The maximum absolute atomic E-state index is 9.85. The van der Waals surface area contributed by atoms with Crippen LogP contribution in [-0.4, -0.2) is 15.0 Å². The van der Waals surface area contributed by atoms with Crippen LogP contribution in [-0.2, 0) is 36.4 Å². The molecule has 5 nitrogen and oxygen atoms in total. The van der Waals surface area contributed by atoms with Crippen LogP contribution in [0.2, 0.25) is 0 Å². The van der Waals surface area contributed by atoms with Gasteiger partial charge in [0.2, 0.25) is 0 Å². The normalized spacial score (nSPS) is 15.3. The average Bonchev–Trinajstić information content (AvgIpc) is 3.73. The van der Waals surface area contributed by atoms with E-state index in [1.54, 1.807) is 30.3 Å². The first-order valence-electron chi connectivity index (χ1n) is 26.4. The number of nitriles is 1. The molecule has 9 aromatic rings. The van der Waals surface area contributed by atoms with Crippen LogP contribution >= 0.6 is 0 Å². The zero-order valence-electron chi connectivity index (χ0n) is 46.5. The van der Waals surface area contributed by atoms with Crippen LogP contribution in [0.1, 0.15) is 92.8 Å². The van der Waals surface area contributed by atoms with E-state index in [2.05, 4.69) is 32.7 Å². The molecule has 0 aliphatic heterocycles. The minimum atomic E-state index is -2.99. The van der Waals surface area contributed by atoms with Crippen LogP contribution in [0.15, 0.2) is 163 Å². The second-order valence-electron chi connectivity index (χ2n) is 17.3. The largest absolute Gasteiger partial charge is 0.455 e. The van der Waals surface area contributed by atoms with Crippen molar-refractivity contribution in [2.45, 2.75) is 77.8 Å². The Morgan fingerprint density at radius 2 is 1.19 bits per heavy atom. The van der Waals surface area contributed by atoms with E-state index < -0.39 is 54.0 Å². The van der Waals surface area contributed by atoms with Gasteiger partial charge in [-0.1, -0.05) is 131 Å². The minimum absolute atomic E-state index is 0.0138. The molecular formula is C58H52N4O. The number of aryl methyl sites for hydroxylation is 4. The third kappa shape index (κ3) is 8.55. The Labute approximate surface area is 386 Å². The number of fused-ring (bicyclic) bond motifs is 3. The molecule has 0 bridgehead atoms. The number of rotatable bonds is 12. The van der Waals surface area contributed by atoms with E-state index >= 15 is 0 Å². The van der Waals surface area contributed by atoms with Crippen molar-refractivity contribution in [2.24, 2.45) is 0 Å². The van der Waals surface area contributed by atoms with E-state index in [1.165, 1.54) is 12.1 Å². The molecule has 0 spiro atoms. The summed E-state index contributed by atoms with van der Waals surface area (Å²) in [6.45, 7) is 2.55. The van der Waals surface area contributed by atoms with Gasteiger partial charge >= 0.3 is 0 Å². The summed E-state index contributed by atoms with van der Waals surface area (Å²) in [7, 11) is 0. The highest BCUT2D eigenvalue weighted by Gasteiger charge is 2.26. The SMILES string of the molecule is [2H]c1cc2c(oc3c(-c4cc(C([2H])([2H])[2H])c(C([2H])([2H])C([2H])([2H])c5cc(CC(C)(C)c6ccc(-c7ccccc7)nc6)cc(CC(C)(C)c6ccc(-c7ccccc7)nc6)c5)cn4)cccc32)c(C([2H])([2H])[2H])c1C#N. The molecule has 0 N–H and O–H groups in total. The summed E-state index contributed by atoms with van der Waals surface area (Å²) in [5, 5.41) is 10.5. The molecular weight excluding hydrogens is 769 g/mol. The summed E-state index contributed by atoms with van der Waals surface area (Å²) >= 11 is 0. The Hall–Kier alpha value is -7.16. The molecule has 0 aliphatic rings. The summed E-state index contributed by atoms with van der Waals surface area (Å²) in [6.07, 6.45) is -0.227. The lowest BCUT2D eigenvalue weighted by Crippen LogP contribution is -2.23. The molecule has 0 fully saturated rings. The zero-order chi connectivity index (χ0) is 53.2. The molecule has 0 aliphatic carbocycles. The highest BCUT2D eigenvalue weighted by atomic mass is 16.3. The maximum atomic E-state index is 9.85. The highest BCUT2D eigenvalue weighted by Crippen LogP contribution is 2.38. The van der Waals surface area contributed by atoms with Gasteiger partial charge in [0.05, 0.1) is 30.1 Å². The molecule has 9 rings (SSSR count). The Balaban J connectivity index is 1.13. The van der Waals surface area contributed by atoms with Crippen molar-refractivity contribution in [1.82, 2.24) is 15.0 Å². The molecule has 4 heterocycles. The standard InChI is InChI=1S/C58H52N4O/c1-38-28-54(51-19-13-18-49-50-25-22-45(34-59)39(2)55(50)63-56(49)51)60-35-46(38)21-20-40-29-41(32-57(3,4)47-23-26-52(61-36-47)43-14-9-7-10-15-43)31-42(30-40)33-58(5,6)48-24-27-53(62-37-48)44-16-11-8-12-17-44/h7-19,22-31,35-37H,20-21,32-33H2,1-6H3/i1D3,2D3,20D2,21D2,22D. The van der Waals surface area contributed by atoms with Crippen LogP contribution in [0.25, 0.3) is 55.7 Å². The van der Waals surface area contributed by atoms with Gasteiger partial charge in [0.1, 0.15) is 11.2 Å². The van der Waals surface area contributed by atoms with Gasteiger partial charge in [-0.15, -0.1) is 0 Å². The second-order valence-corrected chi connectivity index (χ2v) is 17.3. The average molecular weight is 832 g/mol. The molecule has 0 unspecified atom stereocenters. The fraction of sp³-hybridized carbons (Fsp3) is 0.207. The monoisotopic (exact) mass is 831 g/mol. The Bertz CT molecular complexity index is 3480. The number of para-hydroxylation sites is 1. The number of benzene rings is 5. The summed E-state index contributed by atoms with van der Waals surface area (Å²) in [5.74, 6) is 0. The quantitative estimate of drug-likeness (QED) is 0.123. The van der Waals surface area contributed by atoms with Gasteiger partial charge in [0, 0.05) is 65.3 Å². The lowest BCUT2D eigenvalue weighted by atomic mass is 9.77. The molecule has 0 saturated carbocycles. The maximum Gasteiger partial charge on any atom is 0.144 e. The molecule has 63 heavy (non-hydrogen) atoms. The van der Waals surface area contributed by atoms with Gasteiger partial charge in [-0.25, -0.2) is 0 Å². The van der Waals surface area contributed by atoms with E-state index in [-0.39, 0.29) is 45.0 Å². The van der Waals surface area contributed by atoms with Crippen molar-refractivity contribution in [3.8, 4) is 39.8 Å². The first-order valence-corrected chi connectivity index (χ1v) is 20.9. The van der Waals surface area contributed by atoms with Crippen LogP contribution in [0.3, 0.4) is 0 Å². The second kappa shape index (κ2) is 17.0. The van der Waals surface area contributed by atoms with Crippen molar-refractivity contribution in [3.63, 3.8) is 0 Å². The van der Waals surface area contributed by atoms with E-state index in [0.29, 0.717) is 18.2 Å². The molecule has 0 atom stereocenters. The number of nitrogens with zero attached hydrogens (tertiary/aromatic N) is 4. The van der Waals surface area contributed by atoms with Gasteiger partial charge in [-0.3, -0.25) is 15.0 Å². The predicted octanol–water partition coefficient (Wildman–Crippen LogP) is 14.1. The van der Waals surface area contributed by atoms with E-state index in [9.17, 15) is 10.7 Å². The van der Waals surface area contributed by atoms with Crippen molar-refractivity contribution < 1.29 is 19.5 Å². The van der Waals surface area contributed by atoms with E-state index in [0.717, 1.165) is 51.0 Å². The predicted molar refractivity (Wildman–Crippen MR) is 258 cm³/mol. The van der Waals surface area contributed by atoms with E-state index in [1.807, 2.05) is 109 Å². The molecule has 0 amide bonds. The van der Waals surface area contributed by atoms with Crippen LogP contribution in [0.4, 0.5) is 0 Å². The summed E-state index contributed by atoms with van der Waals surface area (Å²) in [5.41, 5.74) is 4.49. The van der Waals surface area contributed by atoms with Crippen molar-refractivity contribution in [2.75, 3.05) is 0 Å². The highest BCUT2D eigenvalue weighted by molar-refractivity contribution is 6.10. The summed E-state index contributed by atoms with van der Waals surface area (Å²) in [4.78, 5) is 14.1. The number of hydrogen-bond acceptors (Lipinski definition) is 5. The fourth-order valence-electron chi connectivity index (χ4n) is 8.34. The van der Waals surface area contributed by atoms with E-state index in [4.69, 9.17) is 24.0 Å². The lowest BCUT2D eigenvalue weighted by Gasteiger charge is -2.28. The van der Waals surface area contributed by atoms with Crippen molar-refractivity contribution in [3.05, 3.63) is 208 Å². The van der Waals surface area contributed by atoms with Gasteiger partial charge in [0.15, 0.2) is 0 Å². The van der Waals surface area contributed by atoms with Crippen molar-refractivity contribution in [1.29, 1.82) is 5.26 Å². The van der Waals surface area contributed by atoms with Gasteiger partial charge in [-0.2, -0.15) is 5.26 Å². The topological polar surface area (TPSA) is 75.6 Å². The lowest BCUT2D eigenvalue weighted by molar-refractivity contribution is 0.512. The number of furan rings is 1. The van der Waals surface area contributed by atoms with Gasteiger partial charge in [0.25, 0.3) is 0 Å². The van der Waals surface area contributed by atoms with Gasteiger partial charge in [-0.05, 0) is 125 Å². The fourth-order valence-corrected chi connectivity index (χ4v) is 8.34. The Morgan fingerprint density at radius 3 is 1.75 bits per heavy atom. The first-order chi connectivity index (χ1) is 34.8. The third-order valence-electron chi connectivity index (χ3n) is 11.8. The molecule has 310 valence electrons. The van der Waals surface area contributed by atoms with Crippen LogP contribution < -0.4 is 0 Å². The molecule has 5 aromatic carbocycles. The van der Waals surface area contributed by atoms with Gasteiger partial charge < -0.3 is 4.42 Å². The Morgan fingerprint density at radius 1 is 0.603 bits per heavy atom. The zero-order valence-corrected chi connectivity index (χ0v) is 35.5. The molecule has 5 heteroatoms. The molecule has 0 saturated heterocycles. The van der Waals surface area contributed by atoms with Crippen LogP contribution in [0.5, 0.6) is 0 Å². The Kier molecular flexibility index (Phi) is 8.07. The first kappa shape index (κ1) is 30.0.